The lowest BCUT2D eigenvalue weighted by atomic mass is 10.1. The van der Waals surface area contributed by atoms with E-state index >= 15 is 0 Å². The number of sulfonamides is 1. The summed E-state index contributed by atoms with van der Waals surface area (Å²) in [5, 5.41) is 3.58. The summed E-state index contributed by atoms with van der Waals surface area (Å²) in [6, 6.07) is 7.91. The molecule has 0 atom stereocenters. The molecule has 0 unspecified atom stereocenters. The number of nitrogens with zero attached hydrogens (tertiary/aromatic N) is 2. The van der Waals surface area contributed by atoms with E-state index in [2.05, 4.69) is 9.69 Å². The van der Waals surface area contributed by atoms with Gasteiger partial charge in [0.1, 0.15) is 5.00 Å². The second-order valence-electron chi connectivity index (χ2n) is 4.79. The van der Waals surface area contributed by atoms with Crippen LogP contribution in [-0.2, 0) is 16.6 Å². The zero-order valence-electron chi connectivity index (χ0n) is 12.1. The van der Waals surface area contributed by atoms with Gasteiger partial charge in [-0.15, -0.1) is 0 Å². The summed E-state index contributed by atoms with van der Waals surface area (Å²) in [6.45, 7) is 2.53. The van der Waals surface area contributed by atoms with Gasteiger partial charge in [-0.25, -0.2) is 12.7 Å². The molecule has 2 rings (SSSR count). The first-order chi connectivity index (χ1) is 9.84. The van der Waals surface area contributed by atoms with Gasteiger partial charge in [0.05, 0.1) is 0 Å². The molecular weight excluding hydrogens is 308 g/mol. The van der Waals surface area contributed by atoms with E-state index in [1.807, 2.05) is 31.2 Å². The first-order valence-corrected chi connectivity index (χ1v) is 8.51. The number of nitrogens with one attached hydrogen (secondary N) is 1. The highest BCUT2D eigenvalue weighted by molar-refractivity contribution is 7.89. The molecule has 0 aliphatic heterocycles. The zero-order valence-corrected chi connectivity index (χ0v) is 13.8. The van der Waals surface area contributed by atoms with Crippen LogP contribution in [0.15, 0.2) is 29.2 Å². The molecule has 0 fully saturated rings. The number of nitrogens with two attached hydrogens (primary N) is 1. The Kier molecular flexibility index (Phi) is 4.50. The zero-order chi connectivity index (χ0) is 15.6. The molecule has 0 aliphatic rings. The molecule has 8 heteroatoms. The normalized spacial score (nSPS) is 11.8. The fourth-order valence-corrected chi connectivity index (χ4v) is 3.89. The number of benzene rings is 1. The first-order valence-electron chi connectivity index (χ1n) is 6.30. The molecule has 21 heavy (non-hydrogen) atoms. The molecule has 0 radical (unpaired) electrons. The lowest BCUT2D eigenvalue weighted by molar-refractivity contribution is 0.521. The molecule has 114 valence electrons. The van der Waals surface area contributed by atoms with E-state index < -0.39 is 10.0 Å². The SMILES string of the molecule is Cc1ccccc1CNc1snc(N)c1S(=O)(=O)N(C)C. The highest BCUT2D eigenvalue weighted by atomic mass is 32.2. The third-order valence-electron chi connectivity index (χ3n) is 3.11. The van der Waals surface area contributed by atoms with E-state index in [-0.39, 0.29) is 10.7 Å². The summed E-state index contributed by atoms with van der Waals surface area (Å²) in [5.74, 6) is 0.0287. The number of hydrogen-bond acceptors (Lipinski definition) is 6. The topological polar surface area (TPSA) is 88.3 Å². The number of nitrogen functional groups attached to an aromatic ring is 1. The average Bonchev–Trinajstić information content (AvgIpc) is 2.79. The standard InChI is InChI=1S/C13H18N4O2S2/c1-9-6-4-5-7-10(9)8-15-13-11(12(14)16-20-13)21(18,19)17(2)3/h4-7,15H,8H2,1-3H3,(H2,14,16). The van der Waals surface area contributed by atoms with E-state index in [0.717, 1.165) is 27.0 Å². The minimum Gasteiger partial charge on any atom is -0.382 e. The molecule has 0 bridgehead atoms. The lowest BCUT2D eigenvalue weighted by Gasteiger charge is -2.13. The summed E-state index contributed by atoms with van der Waals surface area (Å²) in [6.07, 6.45) is 0. The Labute approximate surface area is 128 Å². The second-order valence-corrected chi connectivity index (χ2v) is 7.66. The number of anilines is 2. The van der Waals surface area contributed by atoms with Gasteiger partial charge in [0, 0.05) is 20.6 Å². The molecule has 0 spiro atoms. The molecule has 1 aromatic carbocycles. The van der Waals surface area contributed by atoms with Gasteiger partial charge in [-0.3, -0.25) is 0 Å². The summed E-state index contributed by atoms with van der Waals surface area (Å²) < 4.78 is 29.7. The van der Waals surface area contributed by atoms with Gasteiger partial charge in [-0.1, -0.05) is 24.3 Å². The summed E-state index contributed by atoms with van der Waals surface area (Å²) in [5.41, 5.74) is 7.95. The maximum absolute atomic E-state index is 12.3. The molecule has 0 saturated carbocycles. The Morgan fingerprint density at radius 3 is 2.62 bits per heavy atom. The molecule has 0 amide bonds. The molecule has 2 aromatic rings. The van der Waals surface area contributed by atoms with Crippen LogP contribution in [0.1, 0.15) is 11.1 Å². The van der Waals surface area contributed by atoms with Crippen molar-refractivity contribution >= 4 is 32.4 Å². The van der Waals surface area contributed by atoms with Crippen molar-refractivity contribution in [3.63, 3.8) is 0 Å². The Morgan fingerprint density at radius 2 is 2.00 bits per heavy atom. The Morgan fingerprint density at radius 1 is 1.33 bits per heavy atom. The summed E-state index contributed by atoms with van der Waals surface area (Å²) in [4.78, 5) is 0.0473. The van der Waals surface area contributed by atoms with Gasteiger partial charge in [0.2, 0.25) is 10.0 Å². The first kappa shape index (κ1) is 15.7. The van der Waals surface area contributed by atoms with Gasteiger partial charge in [-0.05, 0) is 29.6 Å². The van der Waals surface area contributed by atoms with Crippen molar-refractivity contribution < 1.29 is 8.42 Å². The fraction of sp³-hybridized carbons (Fsp3) is 0.308. The Balaban J connectivity index is 2.29. The van der Waals surface area contributed by atoms with E-state index in [4.69, 9.17) is 5.73 Å². The second kappa shape index (κ2) is 6.00. The van der Waals surface area contributed by atoms with Crippen molar-refractivity contribution in [2.75, 3.05) is 25.1 Å². The number of hydrogen-bond donors (Lipinski definition) is 2. The third kappa shape index (κ3) is 3.17. The van der Waals surface area contributed by atoms with Crippen molar-refractivity contribution in [2.45, 2.75) is 18.4 Å². The van der Waals surface area contributed by atoms with Crippen molar-refractivity contribution in [1.29, 1.82) is 0 Å². The summed E-state index contributed by atoms with van der Waals surface area (Å²) in [7, 11) is -0.676. The van der Waals surface area contributed by atoms with Gasteiger partial charge in [0.15, 0.2) is 10.7 Å². The van der Waals surface area contributed by atoms with Gasteiger partial charge in [0.25, 0.3) is 0 Å². The number of aromatic nitrogens is 1. The van der Waals surface area contributed by atoms with E-state index in [0.29, 0.717) is 11.5 Å². The van der Waals surface area contributed by atoms with Crippen LogP contribution in [0.25, 0.3) is 0 Å². The monoisotopic (exact) mass is 326 g/mol. The minimum atomic E-state index is -3.62. The lowest BCUT2D eigenvalue weighted by Crippen LogP contribution is -2.23. The van der Waals surface area contributed by atoms with Crippen LogP contribution >= 0.6 is 11.5 Å². The van der Waals surface area contributed by atoms with Crippen LogP contribution in [0, 0.1) is 6.92 Å². The van der Waals surface area contributed by atoms with Crippen molar-refractivity contribution in [1.82, 2.24) is 8.68 Å². The van der Waals surface area contributed by atoms with Crippen LogP contribution in [-0.4, -0.2) is 31.2 Å². The molecule has 0 saturated heterocycles. The third-order valence-corrected chi connectivity index (χ3v) is 5.95. The molecular formula is C13H18N4O2S2. The number of aryl methyl sites for hydroxylation is 1. The van der Waals surface area contributed by atoms with Crippen LogP contribution in [0.4, 0.5) is 10.8 Å². The number of rotatable bonds is 5. The summed E-state index contributed by atoms with van der Waals surface area (Å²) >= 11 is 1.05. The highest BCUT2D eigenvalue weighted by Gasteiger charge is 2.27. The van der Waals surface area contributed by atoms with Gasteiger partial charge in [-0.2, -0.15) is 4.37 Å². The molecule has 1 heterocycles. The predicted octanol–water partition coefficient (Wildman–Crippen LogP) is 1.90. The van der Waals surface area contributed by atoms with E-state index in [9.17, 15) is 8.42 Å². The van der Waals surface area contributed by atoms with Crippen molar-refractivity contribution in [3.8, 4) is 0 Å². The fourth-order valence-electron chi connectivity index (χ4n) is 1.82. The van der Waals surface area contributed by atoms with Gasteiger partial charge >= 0.3 is 0 Å². The molecule has 0 aliphatic carbocycles. The van der Waals surface area contributed by atoms with Crippen LogP contribution in [0.3, 0.4) is 0 Å². The van der Waals surface area contributed by atoms with Crippen LogP contribution in [0.5, 0.6) is 0 Å². The highest BCUT2D eigenvalue weighted by Crippen LogP contribution is 2.33. The minimum absolute atomic E-state index is 0.0287. The van der Waals surface area contributed by atoms with E-state index in [1.165, 1.54) is 14.1 Å². The smallest absolute Gasteiger partial charge is 0.249 e. The largest absolute Gasteiger partial charge is 0.382 e. The maximum Gasteiger partial charge on any atom is 0.249 e. The Hall–Kier alpha value is -1.64. The van der Waals surface area contributed by atoms with E-state index in [1.54, 1.807) is 0 Å². The van der Waals surface area contributed by atoms with Crippen LogP contribution in [0.2, 0.25) is 0 Å². The van der Waals surface area contributed by atoms with Gasteiger partial charge < -0.3 is 11.1 Å². The quantitative estimate of drug-likeness (QED) is 0.876. The maximum atomic E-state index is 12.3. The predicted molar refractivity (Wildman–Crippen MR) is 85.9 cm³/mol. The Bertz CT molecular complexity index is 738. The average molecular weight is 326 g/mol. The van der Waals surface area contributed by atoms with Crippen molar-refractivity contribution in [2.24, 2.45) is 0 Å². The van der Waals surface area contributed by atoms with Crippen molar-refractivity contribution in [3.05, 3.63) is 35.4 Å². The molecule has 3 N–H and O–H groups in total. The molecule has 6 nitrogen and oxygen atoms in total. The molecule has 1 aromatic heterocycles. The van der Waals surface area contributed by atoms with Crippen LogP contribution < -0.4 is 11.1 Å².